The minimum Gasteiger partial charge on any atom is -0.294 e. The molecule has 1 heterocycles. The summed E-state index contributed by atoms with van der Waals surface area (Å²) in [7, 11) is 0. The van der Waals surface area contributed by atoms with Gasteiger partial charge in [-0.05, 0) is 34.8 Å². The molecule has 0 unspecified atom stereocenters. The molecule has 1 aliphatic carbocycles. The van der Waals surface area contributed by atoms with Crippen LogP contribution in [0.4, 0.5) is 0 Å². The Morgan fingerprint density at radius 2 is 2.12 bits per heavy atom. The molecular weight excluding hydrogens is 350 g/mol. The van der Waals surface area contributed by atoms with Gasteiger partial charge in [0.1, 0.15) is 0 Å². The molecule has 1 aromatic heterocycles. The lowest BCUT2D eigenvalue weighted by Gasteiger charge is -2.27. The molecule has 0 radical (unpaired) electrons. The lowest BCUT2D eigenvalue weighted by molar-refractivity contribution is 0.204. The highest BCUT2D eigenvalue weighted by atomic mass is 79.9. The quantitative estimate of drug-likeness (QED) is 0.685. The van der Waals surface area contributed by atoms with Crippen LogP contribution in [0.1, 0.15) is 30.6 Å². The van der Waals surface area contributed by atoms with E-state index in [1.54, 1.807) is 0 Å². The molecule has 0 saturated heterocycles. The van der Waals surface area contributed by atoms with Gasteiger partial charge in [-0.2, -0.15) is 0 Å². The number of halogens is 2. The Morgan fingerprint density at radius 1 is 1.38 bits per heavy atom. The van der Waals surface area contributed by atoms with Crippen LogP contribution in [0.25, 0.3) is 0 Å². The lowest BCUT2D eigenvalue weighted by Crippen LogP contribution is -2.34. The highest BCUT2D eigenvalue weighted by Crippen LogP contribution is 2.27. The van der Waals surface area contributed by atoms with Crippen molar-refractivity contribution in [3.05, 3.63) is 20.8 Å². The third kappa shape index (κ3) is 3.56. The fraction of sp³-hybridized carbons (Fsp3) is 0.667. The number of alkyl halides is 1. The van der Waals surface area contributed by atoms with Gasteiger partial charge in [0.25, 0.3) is 0 Å². The second-order valence-electron chi connectivity index (χ2n) is 4.33. The average molecular weight is 367 g/mol. The first-order chi connectivity index (χ1) is 7.79. The Morgan fingerprint density at radius 3 is 2.69 bits per heavy atom. The Kier molecular flexibility index (Phi) is 5.33. The minimum absolute atomic E-state index is 0.818. The molecule has 0 amide bonds. The second kappa shape index (κ2) is 6.53. The van der Waals surface area contributed by atoms with Crippen LogP contribution in [0.5, 0.6) is 0 Å². The maximum atomic E-state index is 3.57. The SMILES string of the molecule is BrCCN(Cc1cc(Br)cs1)C1CCCC1. The van der Waals surface area contributed by atoms with Crippen molar-refractivity contribution in [2.45, 2.75) is 38.3 Å². The van der Waals surface area contributed by atoms with Crippen molar-refractivity contribution < 1.29 is 0 Å². The summed E-state index contributed by atoms with van der Waals surface area (Å²) >= 11 is 8.95. The summed E-state index contributed by atoms with van der Waals surface area (Å²) in [5.41, 5.74) is 0. The Balaban J connectivity index is 1.96. The Hall–Kier alpha value is 0.620. The van der Waals surface area contributed by atoms with Gasteiger partial charge in [-0.3, -0.25) is 4.90 Å². The molecule has 0 bridgehead atoms. The average Bonchev–Trinajstić information content (AvgIpc) is 2.88. The molecule has 1 fully saturated rings. The lowest BCUT2D eigenvalue weighted by atomic mass is 10.2. The van der Waals surface area contributed by atoms with Crippen LogP contribution in [0.15, 0.2) is 15.9 Å². The maximum absolute atomic E-state index is 3.57. The molecule has 0 atom stereocenters. The summed E-state index contributed by atoms with van der Waals surface area (Å²) in [5.74, 6) is 0. The van der Waals surface area contributed by atoms with E-state index >= 15 is 0 Å². The van der Waals surface area contributed by atoms with Gasteiger partial charge in [0, 0.05) is 39.2 Å². The zero-order chi connectivity index (χ0) is 11.4. The van der Waals surface area contributed by atoms with E-state index in [9.17, 15) is 0 Å². The molecule has 90 valence electrons. The van der Waals surface area contributed by atoms with Crippen molar-refractivity contribution in [1.82, 2.24) is 4.90 Å². The molecule has 0 aromatic carbocycles. The maximum Gasteiger partial charge on any atom is 0.0331 e. The first kappa shape index (κ1) is 13.1. The third-order valence-corrected chi connectivity index (χ3v) is 5.23. The van der Waals surface area contributed by atoms with Crippen LogP contribution in [-0.4, -0.2) is 22.8 Å². The molecule has 16 heavy (non-hydrogen) atoms. The topological polar surface area (TPSA) is 3.24 Å². The summed E-state index contributed by atoms with van der Waals surface area (Å²) in [6, 6.07) is 3.07. The van der Waals surface area contributed by atoms with Gasteiger partial charge < -0.3 is 0 Å². The van der Waals surface area contributed by atoms with Crippen LogP contribution in [0, 0.1) is 0 Å². The normalized spacial score (nSPS) is 17.4. The van der Waals surface area contributed by atoms with Gasteiger partial charge in [0.15, 0.2) is 0 Å². The van der Waals surface area contributed by atoms with Gasteiger partial charge in [-0.1, -0.05) is 28.8 Å². The van der Waals surface area contributed by atoms with Crippen LogP contribution >= 0.6 is 43.2 Å². The van der Waals surface area contributed by atoms with E-state index in [0.29, 0.717) is 0 Å². The van der Waals surface area contributed by atoms with E-state index in [4.69, 9.17) is 0 Å². The van der Waals surface area contributed by atoms with Gasteiger partial charge in [0.2, 0.25) is 0 Å². The van der Waals surface area contributed by atoms with Crippen LogP contribution in [0.2, 0.25) is 0 Å². The largest absolute Gasteiger partial charge is 0.294 e. The molecule has 4 heteroatoms. The molecule has 1 nitrogen and oxygen atoms in total. The highest BCUT2D eigenvalue weighted by Gasteiger charge is 2.22. The van der Waals surface area contributed by atoms with E-state index in [1.807, 2.05) is 11.3 Å². The number of hydrogen-bond donors (Lipinski definition) is 0. The third-order valence-electron chi connectivity index (χ3n) is 3.19. The standard InChI is InChI=1S/C12H17Br2NS/c13-5-6-15(11-3-1-2-4-11)8-12-7-10(14)9-16-12/h7,9,11H,1-6,8H2. The predicted octanol–water partition coefficient (Wildman–Crippen LogP) is 4.65. The number of rotatable bonds is 5. The Bertz CT molecular complexity index is 321. The van der Waals surface area contributed by atoms with Crippen molar-refractivity contribution in [1.29, 1.82) is 0 Å². The van der Waals surface area contributed by atoms with Crippen molar-refractivity contribution in [2.75, 3.05) is 11.9 Å². The van der Waals surface area contributed by atoms with E-state index in [0.717, 1.165) is 17.9 Å². The molecule has 1 aromatic rings. The summed E-state index contributed by atoms with van der Waals surface area (Å²) in [6.45, 7) is 2.28. The van der Waals surface area contributed by atoms with E-state index in [1.165, 1.54) is 41.6 Å². The molecule has 0 aliphatic heterocycles. The van der Waals surface area contributed by atoms with Gasteiger partial charge >= 0.3 is 0 Å². The molecule has 1 saturated carbocycles. The van der Waals surface area contributed by atoms with E-state index in [-0.39, 0.29) is 0 Å². The van der Waals surface area contributed by atoms with Gasteiger partial charge in [0.05, 0.1) is 0 Å². The van der Waals surface area contributed by atoms with Crippen molar-refractivity contribution >= 4 is 43.2 Å². The van der Waals surface area contributed by atoms with Crippen molar-refractivity contribution in [2.24, 2.45) is 0 Å². The number of hydrogen-bond acceptors (Lipinski definition) is 2. The van der Waals surface area contributed by atoms with Gasteiger partial charge in [-0.15, -0.1) is 11.3 Å². The smallest absolute Gasteiger partial charge is 0.0331 e. The molecule has 1 aliphatic rings. The fourth-order valence-electron chi connectivity index (χ4n) is 2.41. The van der Waals surface area contributed by atoms with Crippen LogP contribution < -0.4 is 0 Å². The summed E-state index contributed by atoms with van der Waals surface area (Å²) < 4.78 is 1.22. The molecule has 0 N–H and O–H groups in total. The summed E-state index contributed by atoms with van der Waals surface area (Å²) in [4.78, 5) is 4.11. The summed E-state index contributed by atoms with van der Waals surface area (Å²) in [5, 5.41) is 3.26. The zero-order valence-corrected chi connectivity index (χ0v) is 13.3. The monoisotopic (exact) mass is 365 g/mol. The number of thiophene rings is 1. The van der Waals surface area contributed by atoms with Crippen molar-refractivity contribution in [3.8, 4) is 0 Å². The van der Waals surface area contributed by atoms with Gasteiger partial charge in [-0.25, -0.2) is 0 Å². The first-order valence-corrected chi connectivity index (χ1v) is 8.62. The van der Waals surface area contributed by atoms with E-state index < -0.39 is 0 Å². The minimum atomic E-state index is 0.818. The fourth-order valence-corrected chi connectivity index (χ4v) is 4.34. The summed E-state index contributed by atoms with van der Waals surface area (Å²) in [6.07, 6.45) is 5.61. The number of nitrogens with zero attached hydrogens (tertiary/aromatic N) is 1. The van der Waals surface area contributed by atoms with Crippen molar-refractivity contribution in [3.63, 3.8) is 0 Å². The second-order valence-corrected chi connectivity index (χ2v) is 7.03. The molecule has 0 spiro atoms. The Labute approximate surface area is 118 Å². The van der Waals surface area contributed by atoms with Crippen LogP contribution in [0.3, 0.4) is 0 Å². The molecule has 2 rings (SSSR count). The van der Waals surface area contributed by atoms with Crippen LogP contribution in [-0.2, 0) is 6.54 Å². The first-order valence-electron chi connectivity index (χ1n) is 5.82. The highest BCUT2D eigenvalue weighted by molar-refractivity contribution is 9.10. The molecular formula is C12H17Br2NS. The predicted molar refractivity (Wildman–Crippen MR) is 78.5 cm³/mol. The zero-order valence-electron chi connectivity index (χ0n) is 9.29. The van der Waals surface area contributed by atoms with E-state index in [2.05, 4.69) is 48.2 Å².